The van der Waals surface area contributed by atoms with Gasteiger partial charge in [-0.1, -0.05) is 116 Å². The minimum absolute atomic E-state index is 0.0650. The van der Waals surface area contributed by atoms with E-state index in [4.69, 9.17) is 4.74 Å². The van der Waals surface area contributed by atoms with Crippen molar-refractivity contribution in [3.63, 3.8) is 0 Å². The van der Waals surface area contributed by atoms with Gasteiger partial charge in [0, 0.05) is 32.6 Å². The Morgan fingerprint density at radius 3 is 1.72 bits per heavy atom. The van der Waals surface area contributed by atoms with Gasteiger partial charge in [-0.15, -0.1) is 0 Å². The van der Waals surface area contributed by atoms with Crippen molar-refractivity contribution >= 4 is 5.97 Å². The molecule has 0 radical (unpaired) electrons. The summed E-state index contributed by atoms with van der Waals surface area (Å²) in [4.78, 5) is 16.3. The molecular formula is C40H74N2O8. The van der Waals surface area contributed by atoms with Gasteiger partial charge in [-0.3, -0.25) is 9.80 Å². The Bertz CT molecular complexity index is 960. The van der Waals surface area contributed by atoms with Gasteiger partial charge in [0.2, 0.25) is 0 Å². The Morgan fingerprint density at radius 2 is 1.24 bits per heavy atom. The second kappa shape index (κ2) is 27.8. The fourth-order valence-corrected chi connectivity index (χ4v) is 7.30. The SMILES string of the molecule is CCCCCCCCN(CCCCCCCC)C(CC(CCCCC)C(O)(C(CO)N(CCO)CCO)[C@H](C)O)Oc1ccccc1C(=O)O. The fraction of sp³-hybridized carbons (Fsp3) is 0.825. The van der Waals surface area contributed by atoms with Gasteiger partial charge in [0.25, 0.3) is 0 Å². The first-order valence-electron chi connectivity index (χ1n) is 19.9. The number of hydrogen-bond donors (Lipinski definition) is 6. The van der Waals surface area contributed by atoms with Crippen LogP contribution in [0.15, 0.2) is 24.3 Å². The lowest BCUT2D eigenvalue weighted by Crippen LogP contribution is -2.65. The molecule has 0 aromatic heterocycles. The maximum atomic E-state index is 12.7. The summed E-state index contributed by atoms with van der Waals surface area (Å²) in [5, 5.41) is 64.6. The number of ether oxygens (including phenoxy) is 1. The van der Waals surface area contributed by atoms with E-state index in [9.17, 15) is 35.4 Å². The van der Waals surface area contributed by atoms with Gasteiger partial charge in [-0.05, 0) is 44.2 Å². The number of carboxylic acid groups (broad SMARTS) is 1. The summed E-state index contributed by atoms with van der Waals surface area (Å²) in [5.41, 5.74) is -1.76. The highest BCUT2D eigenvalue weighted by molar-refractivity contribution is 5.90. The molecule has 0 spiro atoms. The quantitative estimate of drug-likeness (QED) is 0.0354. The number of rotatable bonds is 33. The first-order valence-corrected chi connectivity index (χ1v) is 19.9. The molecule has 0 amide bonds. The van der Waals surface area contributed by atoms with E-state index in [0.29, 0.717) is 6.42 Å². The number of para-hydroxylation sites is 1. The summed E-state index contributed by atoms with van der Waals surface area (Å²) in [6.45, 7) is 8.80. The van der Waals surface area contributed by atoms with Crippen molar-refractivity contribution in [2.45, 2.75) is 161 Å². The van der Waals surface area contributed by atoms with Gasteiger partial charge >= 0.3 is 5.97 Å². The zero-order valence-electron chi connectivity index (χ0n) is 32.0. The molecule has 1 aromatic rings. The molecule has 10 heteroatoms. The summed E-state index contributed by atoms with van der Waals surface area (Å²) in [6.07, 6.45) is 15.2. The van der Waals surface area contributed by atoms with E-state index in [1.807, 2.05) is 0 Å². The highest BCUT2D eigenvalue weighted by Crippen LogP contribution is 2.38. The average molecular weight is 711 g/mol. The van der Waals surface area contributed by atoms with Crippen LogP contribution < -0.4 is 4.74 Å². The van der Waals surface area contributed by atoms with Crippen molar-refractivity contribution < 1.29 is 40.2 Å². The van der Waals surface area contributed by atoms with Gasteiger partial charge in [-0.2, -0.15) is 0 Å². The van der Waals surface area contributed by atoms with Crippen LogP contribution in [0, 0.1) is 5.92 Å². The maximum Gasteiger partial charge on any atom is 0.339 e. The Hall–Kier alpha value is -1.79. The molecule has 0 fully saturated rings. The second-order valence-corrected chi connectivity index (χ2v) is 14.1. The van der Waals surface area contributed by atoms with Crippen LogP contribution in [0.1, 0.15) is 147 Å². The Morgan fingerprint density at radius 1 is 0.740 bits per heavy atom. The first kappa shape index (κ1) is 46.2. The number of carboxylic acids is 1. The number of aromatic carboxylic acids is 1. The lowest BCUT2D eigenvalue weighted by molar-refractivity contribution is -0.178. The third kappa shape index (κ3) is 16.3. The van der Waals surface area contributed by atoms with Crippen LogP contribution in [0.3, 0.4) is 0 Å². The van der Waals surface area contributed by atoms with Crippen LogP contribution in [0.5, 0.6) is 5.75 Å². The third-order valence-electron chi connectivity index (χ3n) is 10.3. The zero-order chi connectivity index (χ0) is 37.2. The lowest BCUT2D eigenvalue weighted by atomic mass is 9.72. The van der Waals surface area contributed by atoms with Crippen LogP contribution in [0.2, 0.25) is 0 Å². The summed E-state index contributed by atoms with van der Waals surface area (Å²) in [6, 6.07) is 5.69. The molecule has 10 nitrogen and oxygen atoms in total. The van der Waals surface area contributed by atoms with Crippen LogP contribution in [0.4, 0.5) is 0 Å². The summed E-state index contributed by atoms with van der Waals surface area (Å²) >= 11 is 0. The van der Waals surface area contributed by atoms with E-state index < -0.39 is 42.5 Å². The molecule has 0 bridgehead atoms. The molecular weight excluding hydrogens is 636 g/mol. The zero-order valence-corrected chi connectivity index (χ0v) is 32.0. The predicted molar refractivity (Wildman–Crippen MR) is 202 cm³/mol. The molecule has 0 aliphatic rings. The molecule has 0 heterocycles. The van der Waals surface area contributed by atoms with Crippen molar-refractivity contribution in [2.75, 3.05) is 46.0 Å². The molecule has 6 N–H and O–H groups in total. The summed E-state index contributed by atoms with van der Waals surface area (Å²) in [5.74, 6) is -1.39. The Balaban J connectivity index is 3.71. The fourth-order valence-electron chi connectivity index (χ4n) is 7.30. The second-order valence-electron chi connectivity index (χ2n) is 14.1. The number of aliphatic hydroxyl groups excluding tert-OH is 4. The standard InChI is InChI=1S/C40H74N2O8/c1-5-8-11-13-15-20-25-42(26-21-16-14-12-9-6-2)38(50-36-24-19-18-23-35(36)39(47)48)31-34(22-17-10-7-3)40(49,33(4)46)37(32-45)41(27-29-43)28-30-44/h18-19,23-24,33-34,37-38,43-46,49H,5-17,20-22,25-32H2,1-4H3,(H,47,48)/t33-,34?,37?,38?,40?/m0/s1. The largest absolute Gasteiger partial charge is 0.478 e. The smallest absolute Gasteiger partial charge is 0.339 e. The van der Waals surface area contributed by atoms with Gasteiger partial charge in [0.1, 0.15) is 16.9 Å². The maximum absolute atomic E-state index is 12.7. The van der Waals surface area contributed by atoms with E-state index in [1.165, 1.54) is 51.5 Å². The van der Waals surface area contributed by atoms with Crippen LogP contribution in [-0.2, 0) is 0 Å². The molecule has 4 unspecified atom stereocenters. The molecule has 292 valence electrons. The highest BCUT2D eigenvalue weighted by atomic mass is 16.5. The van der Waals surface area contributed by atoms with E-state index in [2.05, 4.69) is 25.7 Å². The van der Waals surface area contributed by atoms with Crippen molar-refractivity contribution in [2.24, 2.45) is 5.92 Å². The number of benzene rings is 1. The molecule has 0 aliphatic heterocycles. The van der Waals surface area contributed by atoms with Crippen molar-refractivity contribution in [1.82, 2.24) is 9.80 Å². The van der Waals surface area contributed by atoms with Gasteiger partial charge in [-0.25, -0.2) is 4.79 Å². The monoisotopic (exact) mass is 711 g/mol. The summed E-state index contributed by atoms with van der Waals surface area (Å²) in [7, 11) is 0. The topological polar surface area (TPSA) is 154 Å². The molecule has 1 rings (SSSR count). The predicted octanol–water partition coefficient (Wildman–Crippen LogP) is 6.46. The normalized spacial score (nSPS) is 15.6. The van der Waals surface area contributed by atoms with Crippen molar-refractivity contribution in [3.05, 3.63) is 29.8 Å². The Labute approximate surface area is 303 Å². The number of unbranched alkanes of at least 4 members (excludes halogenated alkanes) is 12. The van der Waals surface area contributed by atoms with Gasteiger partial charge in [0.15, 0.2) is 6.23 Å². The van der Waals surface area contributed by atoms with Gasteiger partial charge in [0.05, 0.1) is 32.0 Å². The van der Waals surface area contributed by atoms with E-state index in [-0.39, 0.29) is 44.0 Å². The average Bonchev–Trinajstić information content (AvgIpc) is 3.10. The first-order chi connectivity index (χ1) is 24.2. The molecule has 5 atom stereocenters. The minimum atomic E-state index is -1.83. The number of aliphatic hydroxyl groups is 5. The highest BCUT2D eigenvalue weighted by Gasteiger charge is 2.50. The molecule has 0 saturated heterocycles. The molecule has 0 aliphatic carbocycles. The molecule has 0 saturated carbocycles. The lowest BCUT2D eigenvalue weighted by Gasteiger charge is -2.49. The van der Waals surface area contributed by atoms with E-state index >= 15 is 0 Å². The number of nitrogens with zero attached hydrogens (tertiary/aromatic N) is 2. The molecule has 1 aromatic carbocycles. The number of carbonyl (C=O) groups is 1. The van der Waals surface area contributed by atoms with Crippen molar-refractivity contribution in [1.29, 1.82) is 0 Å². The van der Waals surface area contributed by atoms with E-state index in [1.54, 1.807) is 23.1 Å². The van der Waals surface area contributed by atoms with Crippen molar-refractivity contribution in [3.8, 4) is 5.75 Å². The third-order valence-corrected chi connectivity index (χ3v) is 10.3. The van der Waals surface area contributed by atoms with Crippen LogP contribution in [0.25, 0.3) is 0 Å². The number of hydrogen-bond acceptors (Lipinski definition) is 9. The van der Waals surface area contributed by atoms with Crippen LogP contribution in [-0.4, -0.2) is 116 Å². The minimum Gasteiger partial charge on any atom is -0.478 e. The molecule has 50 heavy (non-hydrogen) atoms. The Kier molecular flexibility index (Phi) is 25.7. The van der Waals surface area contributed by atoms with E-state index in [0.717, 1.165) is 70.9 Å². The summed E-state index contributed by atoms with van der Waals surface area (Å²) < 4.78 is 6.74. The van der Waals surface area contributed by atoms with Crippen LogP contribution >= 0.6 is 0 Å². The van der Waals surface area contributed by atoms with Gasteiger partial charge < -0.3 is 35.4 Å².